The molecule has 14 nitrogen and oxygen atoms in total. The van der Waals surface area contributed by atoms with E-state index in [9.17, 15) is 39.3 Å². The summed E-state index contributed by atoms with van der Waals surface area (Å²) in [6.07, 6.45) is 0.710. The van der Waals surface area contributed by atoms with E-state index in [1.807, 2.05) is 0 Å². The number of rotatable bonds is 17. The Morgan fingerprint density at radius 1 is 0.690 bits per heavy atom. The monoisotopic (exact) mass is 586 g/mol. The van der Waals surface area contributed by atoms with Gasteiger partial charge in [0.1, 0.15) is 29.6 Å². The Morgan fingerprint density at radius 3 is 1.62 bits per heavy atom. The van der Waals surface area contributed by atoms with Crippen LogP contribution in [0.25, 0.3) is 0 Å². The molecule has 4 amide bonds. The van der Waals surface area contributed by atoms with Crippen LogP contribution in [0.1, 0.15) is 36.8 Å². The van der Waals surface area contributed by atoms with Gasteiger partial charge in [0.2, 0.25) is 23.6 Å². The number of hydrogen-bond donors (Lipinski definition) is 9. The first-order valence-electron chi connectivity index (χ1n) is 13.3. The van der Waals surface area contributed by atoms with Crippen molar-refractivity contribution >= 4 is 29.6 Å². The van der Waals surface area contributed by atoms with Gasteiger partial charge >= 0.3 is 5.97 Å². The SMILES string of the molecule is NCCCCC(N)C(=O)NC(Cc1ccc(O)cc1)C(=O)NC(CC(N)=O)C(=O)NC(Cc1ccc(O)cc1)C(=O)O. The number of carboxylic acids is 1. The molecule has 14 heteroatoms. The first-order chi connectivity index (χ1) is 19.9. The number of hydrogen-bond acceptors (Lipinski definition) is 9. The largest absolute Gasteiger partial charge is 0.508 e. The highest BCUT2D eigenvalue weighted by Gasteiger charge is 2.31. The van der Waals surface area contributed by atoms with Gasteiger partial charge in [-0.1, -0.05) is 30.7 Å². The van der Waals surface area contributed by atoms with Crippen LogP contribution in [0.15, 0.2) is 48.5 Å². The summed E-state index contributed by atoms with van der Waals surface area (Å²) < 4.78 is 0. The molecule has 0 aliphatic rings. The number of phenols is 2. The molecule has 2 rings (SSSR count). The second-order valence-electron chi connectivity index (χ2n) is 9.82. The Morgan fingerprint density at radius 2 is 1.14 bits per heavy atom. The molecule has 0 saturated carbocycles. The minimum Gasteiger partial charge on any atom is -0.508 e. The molecule has 0 spiro atoms. The summed E-state index contributed by atoms with van der Waals surface area (Å²) in [5, 5.41) is 36.0. The van der Waals surface area contributed by atoms with Gasteiger partial charge in [-0.05, 0) is 54.8 Å². The molecule has 4 unspecified atom stereocenters. The third kappa shape index (κ3) is 11.4. The number of carbonyl (C=O) groups excluding carboxylic acids is 4. The van der Waals surface area contributed by atoms with E-state index in [0.717, 1.165) is 0 Å². The van der Waals surface area contributed by atoms with E-state index >= 15 is 0 Å². The molecule has 0 fully saturated rings. The van der Waals surface area contributed by atoms with Crippen molar-refractivity contribution in [3.05, 3.63) is 59.7 Å². The number of amides is 4. The van der Waals surface area contributed by atoms with E-state index in [1.54, 1.807) is 0 Å². The molecule has 0 radical (unpaired) electrons. The van der Waals surface area contributed by atoms with Gasteiger partial charge in [-0.3, -0.25) is 19.2 Å². The minimum atomic E-state index is -1.56. The van der Waals surface area contributed by atoms with E-state index in [4.69, 9.17) is 17.2 Å². The van der Waals surface area contributed by atoms with Gasteiger partial charge in [-0.15, -0.1) is 0 Å². The fraction of sp³-hybridized carbons (Fsp3) is 0.393. The van der Waals surface area contributed by atoms with Crippen molar-refractivity contribution in [3.63, 3.8) is 0 Å². The van der Waals surface area contributed by atoms with Gasteiger partial charge in [0, 0.05) is 12.8 Å². The van der Waals surface area contributed by atoms with E-state index in [0.29, 0.717) is 36.9 Å². The van der Waals surface area contributed by atoms with Crippen molar-refractivity contribution in [2.75, 3.05) is 6.54 Å². The average molecular weight is 587 g/mol. The van der Waals surface area contributed by atoms with E-state index in [1.165, 1.54) is 48.5 Å². The highest BCUT2D eigenvalue weighted by atomic mass is 16.4. The zero-order chi connectivity index (χ0) is 31.2. The maximum Gasteiger partial charge on any atom is 0.326 e. The molecule has 2 aromatic rings. The number of unbranched alkanes of at least 4 members (excludes halogenated alkanes) is 1. The van der Waals surface area contributed by atoms with Crippen LogP contribution >= 0.6 is 0 Å². The van der Waals surface area contributed by atoms with Gasteiger partial charge in [0.15, 0.2) is 0 Å². The second kappa shape index (κ2) is 16.5. The summed E-state index contributed by atoms with van der Waals surface area (Å²) in [7, 11) is 0. The van der Waals surface area contributed by atoms with E-state index < -0.39 is 60.2 Å². The fourth-order valence-corrected chi connectivity index (χ4v) is 4.02. The molecule has 0 aliphatic heterocycles. The predicted molar refractivity (Wildman–Crippen MR) is 152 cm³/mol. The van der Waals surface area contributed by atoms with Crippen LogP contribution in [-0.4, -0.2) is 75.6 Å². The summed E-state index contributed by atoms with van der Waals surface area (Å²) in [4.78, 5) is 62.9. The third-order valence-electron chi connectivity index (χ3n) is 6.34. The number of carbonyl (C=O) groups is 5. The Labute approximate surface area is 242 Å². The average Bonchev–Trinajstić information content (AvgIpc) is 2.93. The number of aliphatic carboxylic acids is 1. The topological polar surface area (TPSA) is 260 Å². The normalized spacial score (nSPS) is 13.7. The Hall–Kier alpha value is -4.69. The maximum absolute atomic E-state index is 13.4. The number of phenolic OH excluding ortho intramolecular Hbond substituents is 2. The lowest BCUT2D eigenvalue weighted by Crippen LogP contribution is -2.58. The van der Waals surface area contributed by atoms with E-state index in [2.05, 4.69) is 16.0 Å². The molecule has 0 aromatic heterocycles. The molecule has 0 aliphatic carbocycles. The molecule has 42 heavy (non-hydrogen) atoms. The van der Waals surface area contributed by atoms with Crippen molar-refractivity contribution in [2.45, 2.75) is 62.7 Å². The summed E-state index contributed by atoms with van der Waals surface area (Å²) in [6.45, 7) is 0.432. The van der Waals surface area contributed by atoms with Crippen LogP contribution in [0.5, 0.6) is 11.5 Å². The number of nitrogens with one attached hydrogen (secondary N) is 3. The maximum atomic E-state index is 13.4. The predicted octanol–water partition coefficient (Wildman–Crippen LogP) is -1.25. The summed E-state index contributed by atoms with van der Waals surface area (Å²) in [5.74, 6) is -4.81. The number of primary amides is 1. The number of nitrogens with two attached hydrogens (primary N) is 3. The summed E-state index contributed by atoms with van der Waals surface area (Å²) in [5.41, 5.74) is 17.8. The van der Waals surface area contributed by atoms with Crippen LogP contribution in [0.2, 0.25) is 0 Å². The molecular formula is C28H38N6O8. The summed E-state index contributed by atoms with van der Waals surface area (Å²) in [6, 6.07) is 6.37. The van der Waals surface area contributed by atoms with Crippen molar-refractivity contribution in [2.24, 2.45) is 17.2 Å². The standard InChI is InChI=1S/C28H38N6O8/c29-12-2-1-3-20(30)25(38)32-21(13-16-4-8-18(35)9-5-16)26(39)33-22(15-24(31)37)27(40)34-23(28(41)42)14-17-6-10-19(36)11-7-17/h4-11,20-23,35-36H,1-3,12-15,29-30H2,(H2,31,37)(H,32,38)(H,33,39)(H,34,40)(H,41,42). The fourth-order valence-electron chi connectivity index (χ4n) is 4.02. The Bertz CT molecular complexity index is 1220. The Kier molecular flexibility index (Phi) is 13.2. The van der Waals surface area contributed by atoms with Crippen molar-refractivity contribution < 1.29 is 39.3 Å². The van der Waals surface area contributed by atoms with Crippen molar-refractivity contribution in [1.29, 1.82) is 0 Å². The molecule has 228 valence electrons. The van der Waals surface area contributed by atoms with Crippen LogP contribution < -0.4 is 33.2 Å². The highest BCUT2D eigenvalue weighted by Crippen LogP contribution is 2.13. The minimum absolute atomic E-state index is 0.0100. The first kappa shape index (κ1) is 33.5. The molecule has 0 saturated heterocycles. The van der Waals surface area contributed by atoms with Gasteiger partial charge in [-0.2, -0.15) is 0 Å². The van der Waals surface area contributed by atoms with Crippen LogP contribution in [0.4, 0.5) is 0 Å². The molecule has 0 bridgehead atoms. The Balaban J connectivity index is 2.22. The van der Waals surface area contributed by atoms with Gasteiger partial charge in [0.05, 0.1) is 12.5 Å². The third-order valence-corrected chi connectivity index (χ3v) is 6.34. The zero-order valence-corrected chi connectivity index (χ0v) is 23.0. The molecular weight excluding hydrogens is 548 g/mol. The smallest absolute Gasteiger partial charge is 0.326 e. The lowest BCUT2D eigenvalue weighted by Gasteiger charge is -2.25. The highest BCUT2D eigenvalue weighted by molar-refractivity contribution is 5.96. The van der Waals surface area contributed by atoms with Crippen LogP contribution in [0, 0.1) is 0 Å². The quantitative estimate of drug-likeness (QED) is 0.0995. The second-order valence-corrected chi connectivity index (χ2v) is 9.82. The van der Waals surface area contributed by atoms with E-state index in [-0.39, 0.29) is 24.3 Å². The van der Waals surface area contributed by atoms with Gasteiger partial charge < -0.3 is 48.5 Å². The number of aromatic hydroxyl groups is 2. The molecule has 4 atom stereocenters. The van der Waals surface area contributed by atoms with Gasteiger partial charge in [0.25, 0.3) is 0 Å². The van der Waals surface area contributed by atoms with Crippen LogP contribution in [0.3, 0.4) is 0 Å². The molecule has 0 heterocycles. The zero-order valence-electron chi connectivity index (χ0n) is 23.0. The van der Waals surface area contributed by atoms with Gasteiger partial charge in [-0.25, -0.2) is 4.79 Å². The number of benzene rings is 2. The van der Waals surface area contributed by atoms with Crippen molar-refractivity contribution in [1.82, 2.24) is 16.0 Å². The number of carboxylic acid groups (broad SMARTS) is 1. The molecule has 2 aromatic carbocycles. The first-order valence-corrected chi connectivity index (χ1v) is 13.3. The lowest BCUT2D eigenvalue weighted by atomic mass is 10.0. The molecule has 12 N–H and O–H groups in total. The van der Waals surface area contributed by atoms with Crippen molar-refractivity contribution in [3.8, 4) is 11.5 Å². The summed E-state index contributed by atoms with van der Waals surface area (Å²) >= 11 is 0. The lowest BCUT2D eigenvalue weighted by molar-refractivity contribution is -0.142. The van der Waals surface area contributed by atoms with Crippen LogP contribution in [-0.2, 0) is 36.8 Å².